The van der Waals surface area contributed by atoms with Crippen molar-refractivity contribution in [1.29, 1.82) is 0 Å². The number of rotatable bonds is 6. The Labute approximate surface area is 126 Å². The predicted octanol–water partition coefficient (Wildman–Crippen LogP) is 1.24. The summed E-state index contributed by atoms with van der Waals surface area (Å²) in [6.45, 7) is 2.97. The van der Waals surface area contributed by atoms with Crippen molar-refractivity contribution in [2.45, 2.75) is 12.5 Å². The fraction of sp³-hybridized carbons (Fsp3) is 0.562. The van der Waals surface area contributed by atoms with Crippen LogP contribution in [0.15, 0.2) is 30.3 Å². The van der Waals surface area contributed by atoms with Crippen LogP contribution in [0.1, 0.15) is 6.42 Å². The van der Waals surface area contributed by atoms with Crippen LogP contribution in [0, 0.1) is 0 Å². The van der Waals surface area contributed by atoms with Crippen LogP contribution in [0.3, 0.4) is 0 Å². The molecule has 5 nitrogen and oxygen atoms in total. The Balaban J connectivity index is 1.76. The maximum Gasteiger partial charge on any atom is 0.260 e. The van der Waals surface area contributed by atoms with Crippen LogP contribution >= 0.6 is 0 Å². The quantitative estimate of drug-likeness (QED) is 0.791. The van der Waals surface area contributed by atoms with Crippen LogP contribution in [0.25, 0.3) is 0 Å². The molecule has 2 rings (SSSR count). The van der Waals surface area contributed by atoms with Crippen molar-refractivity contribution in [2.75, 3.05) is 46.9 Å². The van der Waals surface area contributed by atoms with Crippen LogP contribution < -0.4 is 4.74 Å². The lowest BCUT2D eigenvalue weighted by Gasteiger charge is -2.33. The predicted molar refractivity (Wildman–Crippen MR) is 81.4 cm³/mol. The fourth-order valence-corrected chi connectivity index (χ4v) is 2.28. The SMILES string of the molecule is CN(C)CCC1CN(C(=O)COc2ccccc2)CCO1. The molecule has 1 unspecified atom stereocenters. The maximum atomic E-state index is 12.2. The Morgan fingerprint density at radius 3 is 2.86 bits per heavy atom. The number of carbonyl (C=O) groups excluding carboxylic acids is 1. The van der Waals surface area contributed by atoms with Gasteiger partial charge >= 0.3 is 0 Å². The van der Waals surface area contributed by atoms with Crippen molar-refractivity contribution < 1.29 is 14.3 Å². The Kier molecular flexibility index (Phi) is 6.02. The van der Waals surface area contributed by atoms with E-state index in [1.807, 2.05) is 49.3 Å². The first-order valence-corrected chi connectivity index (χ1v) is 7.37. The second-order valence-corrected chi connectivity index (χ2v) is 5.53. The van der Waals surface area contributed by atoms with E-state index in [1.165, 1.54) is 0 Å². The first kappa shape index (κ1) is 15.8. The van der Waals surface area contributed by atoms with Gasteiger partial charge in [-0.1, -0.05) is 18.2 Å². The van der Waals surface area contributed by atoms with Crippen molar-refractivity contribution in [3.8, 4) is 5.75 Å². The molecule has 1 aromatic carbocycles. The molecule has 1 aromatic rings. The number of hydrogen-bond donors (Lipinski definition) is 0. The molecule has 0 saturated carbocycles. The minimum atomic E-state index is 0.0250. The molecule has 0 radical (unpaired) electrons. The Bertz CT molecular complexity index is 436. The molecule has 1 amide bonds. The average molecular weight is 292 g/mol. The average Bonchev–Trinajstić information content (AvgIpc) is 2.52. The van der Waals surface area contributed by atoms with Crippen molar-refractivity contribution in [1.82, 2.24) is 9.80 Å². The molecular formula is C16H24N2O3. The summed E-state index contributed by atoms with van der Waals surface area (Å²) in [5.41, 5.74) is 0. The van der Waals surface area contributed by atoms with Gasteiger partial charge in [-0.15, -0.1) is 0 Å². The van der Waals surface area contributed by atoms with Crippen molar-refractivity contribution in [3.63, 3.8) is 0 Å². The molecule has 0 bridgehead atoms. The van der Waals surface area contributed by atoms with Crippen LogP contribution in [-0.4, -0.2) is 68.8 Å². The molecule has 21 heavy (non-hydrogen) atoms. The number of ether oxygens (including phenoxy) is 2. The van der Waals surface area contributed by atoms with Gasteiger partial charge in [0.2, 0.25) is 0 Å². The van der Waals surface area contributed by atoms with Gasteiger partial charge in [0.25, 0.3) is 5.91 Å². The smallest absolute Gasteiger partial charge is 0.260 e. The van der Waals surface area contributed by atoms with E-state index in [9.17, 15) is 4.79 Å². The molecule has 0 spiro atoms. The summed E-state index contributed by atoms with van der Waals surface area (Å²) in [6, 6.07) is 9.42. The van der Waals surface area contributed by atoms with Crippen LogP contribution in [0.2, 0.25) is 0 Å². The summed E-state index contributed by atoms with van der Waals surface area (Å²) in [7, 11) is 4.08. The van der Waals surface area contributed by atoms with E-state index < -0.39 is 0 Å². The molecular weight excluding hydrogens is 268 g/mol. The first-order valence-electron chi connectivity index (χ1n) is 7.37. The van der Waals surface area contributed by atoms with Crippen molar-refractivity contribution in [2.24, 2.45) is 0 Å². The van der Waals surface area contributed by atoms with E-state index >= 15 is 0 Å². The van der Waals surface area contributed by atoms with Crippen LogP contribution in [0.4, 0.5) is 0 Å². The minimum absolute atomic E-state index is 0.0250. The number of amides is 1. The summed E-state index contributed by atoms with van der Waals surface area (Å²) >= 11 is 0. The molecule has 116 valence electrons. The third-order valence-electron chi connectivity index (χ3n) is 3.50. The lowest BCUT2D eigenvalue weighted by molar-refractivity contribution is -0.141. The highest BCUT2D eigenvalue weighted by atomic mass is 16.5. The Morgan fingerprint density at radius 1 is 1.38 bits per heavy atom. The fourth-order valence-electron chi connectivity index (χ4n) is 2.28. The first-order chi connectivity index (χ1) is 10.1. The monoisotopic (exact) mass is 292 g/mol. The topological polar surface area (TPSA) is 42.0 Å². The van der Waals surface area contributed by atoms with E-state index in [2.05, 4.69) is 4.90 Å². The van der Waals surface area contributed by atoms with Gasteiger partial charge in [0, 0.05) is 19.6 Å². The van der Waals surface area contributed by atoms with Crippen molar-refractivity contribution in [3.05, 3.63) is 30.3 Å². The van der Waals surface area contributed by atoms with Crippen LogP contribution in [-0.2, 0) is 9.53 Å². The highest BCUT2D eigenvalue weighted by Gasteiger charge is 2.24. The summed E-state index contributed by atoms with van der Waals surface area (Å²) in [5.74, 6) is 0.750. The number of nitrogens with zero attached hydrogens (tertiary/aromatic N) is 2. The van der Waals surface area contributed by atoms with Gasteiger partial charge in [-0.2, -0.15) is 0 Å². The van der Waals surface area contributed by atoms with Gasteiger partial charge in [0.1, 0.15) is 5.75 Å². The molecule has 0 aliphatic carbocycles. The zero-order valence-corrected chi connectivity index (χ0v) is 12.8. The lowest BCUT2D eigenvalue weighted by atomic mass is 10.2. The van der Waals surface area contributed by atoms with E-state index in [0.29, 0.717) is 19.7 Å². The van der Waals surface area contributed by atoms with Gasteiger partial charge in [-0.25, -0.2) is 0 Å². The normalized spacial score (nSPS) is 18.8. The number of morpholine rings is 1. The standard InChI is InChI=1S/C16H24N2O3/c1-17(2)9-8-15-12-18(10-11-20-15)16(19)13-21-14-6-4-3-5-7-14/h3-7,15H,8-13H2,1-2H3. The molecule has 0 aromatic heterocycles. The molecule has 1 atom stereocenters. The molecule has 5 heteroatoms. The van der Waals surface area contributed by atoms with E-state index in [1.54, 1.807) is 0 Å². The zero-order valence-electron chi connectivity index (χ0n) is 12.8. The zero-order chi connectivity index (χ0) is 15.1. The van der Waals surface area contributed by atoms with Gasteiger partial charge in [-0.05, 0) is 32.6 Å². The summed E-state index contributed by atoms with van der Waals surface area (Å²) in [5, 5.41) is 0. The summed E-state index contributed by atoms with van der Waals surface area (Å²) in [4.78, 5) is 16.2. The number of benzene rings is 1. The number of hydrogen-bond acceptors (Lipinski definition) is 4. The summed E-state index contributed by atoms with van der Waals surface area (Å²) < 4.78 is 11.2. The molecule has 1 aliphatic rings. The van der Waals surface area contributed by atoms with E-state index in [-0.39, 0.29) is 18.6 Å². The van der Waals surface area contributed by atoms with Gasteiger partial charge in [0.15, 0.2) is 6.61 Å². The third-order valence-corrected chi connectivity index (χ3v) is 3.50. The largest absolute Gasteiger partial charge is 0.484 e. The Hall–Kier alpha value is -1.59. The number of carbonyl (C=O) groups is 1. The summed E-state index contributed by atoms with van der Waals surface area (Å²) in [6.07, 6.45) is 1.07. The molecule has 1 aliphatic heterocycles. The van der Waals surface area contributed by atoms with Crippen LogP contribution in [0.5, 0.6) is 5.75 Å². The van der Waals surface area contributed by atoms with Crippen molar-refractivity contribution >= 4 is 5.91 Å². The lowest BCUT2D eigenvalue weighted by Crippen LogP contribution is -2.47. The van der Waals surface area contributed by atoms with Gasteiger partial charge in [0.05, 0.1) is 12.7 Å². The van der Waals surface area contributed by atoms with Gasteiger partial charge < -0.3 is 19.3 Å². The molecule has 0 N–H and O–H groups in total. The minimum Gasteiger partial charge on any atom is -0.484 e. The van der Waals surface area contributed by atoms with E-state index in [4.69, 9.17) is 9.47 Å². The highest BCUT2D eigenvalue weighted by Crippen LogP contribution is 2.11. The Morgan fingerprint density at radius 2 is 2.14 bits per heavy atom. The second-order valence-electron chi connectivity index (χ2n) is 5.53. The number of para-hydroxylation sites is 1. The van der Waals surface area contributed by atoms with Gasteiger partial charge in [-0.3, -0.25) is 4.79 Å². The van der Waals surface area contributed by atoms with E-state index in [0.717, 1.165) is 18.7 Å². The third kappa shape index (κ3) is 5.36. The molecule has 1 heterocycles. The maximum absolute atomic E-state index is 12.2. The molecule has 1 saturated heterocycles. The second kappa shape index (κ2) is 8.00. The highest BCUT2D eigenvalue weighted by molar-refractivity contribution is 5.77. The molecule has 1 fully saturated rings.